The molecule has 0 aromatic heterocycles. The van der Waals surface area contributed by atoms with Crippen molar-refractivity contribution in [2.24, 2.45) is 0 Å². The van der Waals surface area contributed by atoms with Gasteiger partial charge in [0.05, 0.1) is 27.8 Å². The van der Waals surface area contributed by atoms with E-state index in [1.54, 1.807) is 18.2 Å². The zero-order valence-corrected chi connectivity index (χ0v) is 15.6. The number of piperidine rings is 1. The average Bonchev–Trinajstić information content (AvgIpc) is 2.71. The van der Waals surface area contributed by atoms with Crippen LogP contribution in [0.5, 0.6) is 11.5 Å². The monoisotopic (exact) mass is 422 g/mol. The molecule has 2 aliphatic rings. The number of carbonyl (C=O) groups is 1. The summed E-state index contributed by atoms with van der Waals surface area (Å²) in [5, 5.41) is 2.95. The fourth-order valence-corrected chi connectivity index (χ4v) is 4.20. The molecular weight excluding hydrogens is 406 g/mol. The molecule has 1 fully saturated rings. The number of hydrogen-bond donors (Lipinski definition) is 1. The number of rotatable bonds is 1. The van der Waals surface area contributed by atoms with Crippen molar-refractivity contribution in [1.82, 2.24) is 5.32 Å². The summed E-state index contributed by atoms with van der Waals surface area (Å²) >= 11 is 3.22. The van der Waals surface area contributed by atoms with Crippen molar-refractivity contribution in [1.29, 1.82) is 0 Å². The van der Waals surface area contributed by atoms with Crippen molar-refractivity contribution >= 4 is 27.5 Å². The van der Waals surface area contributed by atoms with E-state index in [0.717, 1.165) is 12.8 Å². The second-order valence-corrected chi connectivity index (χ2v) is 7.43. The summed E-state index contributed by atoms with van der Waals surface area (Å²) in [5.74, 6) is -0.334. The summed E-state index contributed by atoms with van der Waals surface area (Å²) in [5.41, 5.74) is 1.06. The lowest BCUT2D eigenvalue weighted by atomic mass is 9.89. The minimum absolute atomic E-state index is 0.166. The number of ether oxygens (including phenoxy) is 1. The second kappa shape index (κ2) is 6.54. The third kappa shape index (κ3) is 2.84. The lowest BCUT2D eigenvalue weighted by Crippen LogP contribution is -2.49. The fourth-order valence-electron chi connectivity index (χ4n) is 3.87. The van der Waals surface area contributed by atoms with Crippen LogP contribution in [-0.2, 0) is 4.79 Å². The molecule has 2 atom stereocenters. The zero-order chi connectivity index (χ0) is 18.4. The lowest BCUT2D eigenvalue weighted by Gasteiger charge is -2.42. The molecule has 4 nitrogen and oxygen atoms in total. The van der Waals surface area contributed by atoms with Crippen LogP contribution >= 0.6 is 15.9 Å². The van der Waals surface area contributed by atoms with Gasteiger partial charge in [0, 0.05) is 19.5 Å². The summed E-state index contributed by atoms with van der Waals surface area (Å²) in [6.45, 7) is 2.11. The van der Waals surface area contributed by atoms with Gasteiger partial charge in [-0.2, -0.15) is 0 Å². The quantitative estimate of drug-likeness (QED) is 0.725. The van der Waals surface area contributed by atoms with E-state index in [1.807, 2.05) is 4.90 Å². The first-order valence-corrected chi connectivity index (χ1v) is 9.24. The van der Waals surface area contributed by atoms with Crippen LogP contribution in [0.4, 0.5) is 14.5 Å². The fraction of sp³-hybridized carbons (Fsp3) is 0.316. The van der Waals surface area contributed by atoms with Gasteiger partial charge in [0.15, 0.2) is 5.75 Å². The summed E-state index contributed by atoms with van der Waals surface area (Å²) < 4.78 is 35.1. The molecule has 0 radical (unpaired) electrons. The number of benzene rings is 2. The predicted octanol–water partition coefficient (Wildman–Crippen LogP) is 4.68. The van der Waals surface area contributed by atoms with E-state index < -0.39 is 17.7 Å². The van der Waals surface area contributed by atoms with Crippen LogP contribution in [-0.4, -0.2) is 18.5 Å². The largest absolute Gasteiger partial charge is 0.455 e. The third-order valence-corrected chi connectivity index (χ3v) is 5.47. The van der Waals surface area contributed by atoms with Gasteiger partial charge in [-0.15, -0.1) is 0 Å². The van der Waals surface area contributed by atoms with E-state index in [1.165, 1.54) is 19.1 Å². The number of carbonyl (C=O) groups excluding carboxylic acids is 1. The molecule has 0 aliphatic carbocycles. The van der Waals surface area contributed by atoms with Gasteiger partial charge >= 0.3 is 0 Å². The van der Waals surface area contributed by atoms with Crippen LogP contribution in [0.25, 0.3) is 0 Å². The first-order chi connectivity index (χ1) is 12.5. The Balaban J connectivity index is 1.94. The van der Waals surface area contributed by atoms with Crippen LogP contribution < -0.4 is 15.0 Å². The Bertz CT molecular complexity index is 890. The van der Waals surface area contributed by atoms with Gasteiger partial charge in [-0.3, -0.25) is 4.79 Å². The molecular formula is C19H17BrF2N2O2. The van der Waals surface area contributed by atoms with Gasteiger partial charge in [-0.1, -0.05) is 6.07 Å². The van der Waals surface area contributed by atoms with Gasteiger partial charge < -0.3 is 15.0 Å². The SMILES string of the molecule is CC(=O)NC1CCCN2c3cc(Br)c(F)cc3Oc3cccc(F)c3C12. The van der Waals surface area contributed by atoms with Gasteiger partial charge in [0.1, 0.15) is 17.4 Å². The molecule has 1 amide bonds. The summed E-state index contributed by atoms with van der Waals surface area (Å²) in [7, 11) is 0. The highest BCUT2D eigenvalue weighted by atomic mass is 79.9. The summed E-state index contributed by atoms with van der Waals surface area (Å²) in [6, 6.07) is 6.88. The third-order valence-electron chi connectivity index (χ3n) is 4.86. The molecule has 0 spiro atoms. The minimum Gasteiger partial charge on any atom is -0.455 e. The van der Waals surface area contributed by atoms with Gasteiger partial charge in [0.2, 0.25) is 5.91 Å². The van der Waals surface area contributed by atoms with Crippen molar-refractivity contribution in [3.05, 3.63) is 52.0 Å². The van der Waals surface area contributed by atoms with Crippen molar-refractivity contribution in [2.45, 2.75) is 31.8 Å². The number of halogens is 3. The van der Waals surface area contributed by atoms with E-state index in [9.17, 15) is 13.6 Å². The Morgan fingerprint density at radius 3 is 2.85 bits per heavy atom. The molecule has 1 saturated heterocycles. The van der Waals surface area contributed by atoms with E-state index >= 15 is 0 Å². The maximum Gasteiger partial charge on any atom is 0.217 e. The molecule has 2 aromatic rings. The highest BCUT2D eigenvalue weighted by Crippen LogP contribution is 2.49. The molecule has 2 heterocycles. The highest BCUT2D eigenvalue weighted by Gasteiger charge is 2.40. The van der Waals surface area contributed by atoms with Gasteiger partial charge in [-0.05, 0) is 47.0 Å². The normalized spacial score (nSPS) is 21.0. The van der Waals surface area contributed by atoms with Crippen molar-refractivity contribution < 1.29 is 18.3 Å². The van der Waals surface area contributed by atoms with Crippen molar-refractivity contribution in [3.63, 3.8) is 0 Å². The first kappa shape index (κ1) is 17.3. The molecule has 2 aromatic carbocycles. The lowest BCUT2D eigenvalue weighted by molar-refractivity contribution is -0.120. The van der Waals surface area contributed by atoms with Crippen LogP contribution in [0.2, 0.25) is 0 Å². The Kier molecular flexibility index (Phi) is 4.34. The molecule has 7 heteroatoms. The van der Waals surface area contributed by atoms with Gasteiger partial charge in [-0.25, -0.2) is 8.78 Å². The summed E-state index contributed by atoms with van der Waals surface area (Å²) in [6.07, 6.45) is 1.55. The molecule has 136 valence electrons. The maximum absolute atomic E-state index is 14.8. The van der Waals surface area contributed by atoms with E-state index in [4.69, 9.17) is 4.74 Å². The standard InChI is InChI=1S/C19H17BrF2N2O2/c1-10(25)23-14-5-3-7-24-15-8-11(20)13(22)9-17(15)26-16-6-2-4-12(21)18(16)19(14)24/h2,4,6,8-9,14,19H,3,5,7H2,1H3,(H,23,25). The number of nitrogens with one attached hydrogen (secondary N) is 1. The Morgan fingerprint density at radius 2 is 2.08 bits per heavy atom. The number of hydrogen-bond acceptors (Lipinski definition) is 3. The number of amides is 1. The molecule has 4 rings (SSSR count). The molecule has 2 unspecified atom stereocenters. The Morgan fingerprint density at radius 1 is 1.27 bits per heavy atom. The molecule has 0 saturated carbocycles. The van der Waals surface area contributed by atoms with Crippen LogP contribution in [0, 0.1) is 11.6 Å². The summed E-state index contributed by atoms with van der Waals surface area (Å²) in [4.78, 5) is 13.7. The maximum atomic E-state index is 14.8. The molecule has 26 heavy (non-hydrogen) atoms. The molecule has 1 N–H and O–H groups in total. The Labute approximate surface area is 158 Å². The van der Waals surface area contributed by atoms with Crippen LogP contribution in [0.15, 0.2) is 34.8 Å². The first-order valence-electron chi connectivity index (χ1n) is 8.45. The zero-order valence-electron chi connectivity index (χ0n) is 14.1. The average molecular weight is 423 g/mol. The number of fused-ring (bicyclic) bond motifs is 5. The van der Waals surface area contributed by atoms with E-state index in [0.29, 0.717) is 33.8 Å². The van der Waals surface area contributed by atoms with Crippen LogP contribution in [0.3, 0.4) is 0 Å². The molecule has 2 aliphatic heterocycles. The second-order valence-electron chi connectivity index (χ2n) is 6.58. The van der Waals surface area contributed by atoms with E-state index in [-0.39, 0.29) is 11.9 Å². The van der Waals surface area contributed by atoms with Crippen molar-refractivity contribution in [3.8, 4) is 11.5 Å². The highest BCUT2D eigenvalue weighted by molar-refractivity contribution is 9.10. The smallest absolute Gasteiger partial charge is 0.217 e. The Hall–Kier alpha value is -2.15. The topological polar surface area (TPSA) is 41.6 Å². The number of anilines is 1. The predicted molar refractivity (Wildman–Crippen MR) is 97.5 cm³/mol. The van der Waals surface area contributed by atoms with Crippen molar-refractivity contribution in [2.75, 3.05) is 11.4 Å². The van der Waals surface area contributed by atoms with Crippen LogP contribution in [0.1, 0.15) is 31.4 Å². The number of nitrogens with zero attached hydrogens (tertiary/aromatic N) is 1. The minimum atomic E-state index is -0.449. The van der Waals surface area contributed by atoms with Gasteiger partial charge in [0.25, 0.3) is 0 Å². The molecule has 0 bridgehead atoms. The van der Waals surface area contributed by atoms with E-state index in [2.05, 4.69) is 21.2 Å².